The van der Waals surface area contributed by atoms with Crippen molar-refractivity contribution in [2.24, 2.45) is 0 Å². The molecule has 1 saturated heterocycles. The molecule has 0 bridgehead atoms. The lowest BCUT2D eigenvalue weighted by molar-refractivity contribution is -0.126. The van der Waals surface area contributed by atoms with Crippen LogP contribution >= 0.6 is 15.9 Å². The third-order valence-corrected chi connectivity index (χ3v) is 3.57. The van der Waals surface area contributed by atoms with Crippen LogP contribution in [-0.2, 0) is 9.59 Å². The maximum atomic E-state index is 11.9. The molecule has 2 N–H and O–H groups in total. The fraction of sp³-hybridized carbons (Fsp3) is 0.385. The molecule has 1 aromatic rings. The zero-order valence-electron chi connectivity index (χ0n) is 10.1. The Bertz CT molecular complexity index is 459. The minimum Gasteiger partial charge on any atom is -0.348 e. The predicted molar refractivity (Wildman–Crippen MR) is 71.9 cm³/mol. The van der Waals surface area contributed by atoms with Gasteiger partial charge < -0.3 is 10.6 Å². The second kappa shape index (κ2) is 5.52. The molecule has 2 amide bonds. The molecule has 1 fully saturated rings. The van der Waals surface area contributed by atoms with Crippen LogP contribution in [0.3, 0.4) is 0 Å². The van der Waals surface area contributed by atoms with Gasteiger partial charge in [0.25, 0.3) is 0 Å². The van der Waals surface area contributed by atoms with Crippen LogP contribution in [0.4, 0.5) is 0 Å². The summed E-state index contributed by atoms with van der Waals surface area (Å²) in [7, 11) is 0. The van der Waals surface area contributed by atoms with E-state index in [1.54, 1.807) is 0 Å². The lowest BCUT2D eigenvalue weighted by atomic mass is 10.1. The number of hydrogen-bond acceptors (Lipinski definition) is 2. The van der Waals surface area contributed by atoms with E-state index in [0.29, 0.717) is 12.8 Å². The number of halogens is 1. The van der Waals surface area contributed by atoms with Gasteiger partial charge in [-0.15, -0.1) is 0 Å². The minimum atomic E-state index is -0.379. The Morgan fingerprint density at radius 2 is 2.11 bits per heavy atom. The van der Waals surface area contributed by atoms with Crippen LogP contribution in [0.15, 0.2) is 28.7 Å². The molecule has 4 nitrogen and oxygen atoms in total. The molecule has 2 unspecified atom stereocenters. The Morgan fingerprint density at radius 1 is 1.44 bits per heavy atom. The number of nitrogens with one attached hydrogen (secondary N) is 2. The number of rotatable bonds is 3. The first-order valence-corrected chi connectivity index (χ1v) is 6.71. The second-order valence-electron chi connectivity index (χ2n) is 4.44. The average molecular weight is 311 g/mol. The molecule has 96 valence electrons. The first-order valence-electron chi connectivity index (χ1n) is 5.91. The van der Waals surface area contributed by atoms with Gasteiger partial charge in [0.2, 0.25) is 11.8 Å². The van der Waals surface area contributed by atoms with Crippen LogP contribution in [0.2, 0.25) is 0 Å². The maximum absolute atomic E-state index is 11.9. The van der Waals surface area contributed by atoms with Gasteiger partial charge >= 0.3 is 0 Å². The second-order valence-corrected chi connectivity index (χ2v) is 5.36. The summed E-state index contributed by atoms with van der Waals surface area (Å²) in [6.07, 6.45) is 1.02. The molecule has 0 spiro atoms. The molecule has 0 aliphatic carbocycles. The summed E-state index contributed by atoms with van der Waals surface area (Å²) >= 11 is 3.37. The Kier molecular flexibility index (Phi) is 4.01. The van der Waals surface area contributed by atoms with Crippen molar-refractivity contribution in [2.45, 2.75) is 31.8 Å². The number of carbonyl (C=O) groups excluding carboxylic acids is 2. The minimum absolute atomic E-state index is 0.0496. The monoisotopic (exact) mass is 310 g/mol. The number of benzene rings is 1. The molecule has 0 aromatic heterocycles. The van der Waals surface area contributed by atoms with Gasteiger partial charge in [0.05, 0.1) is 6.04 Å². The maximum Gasteiger partial charge on any atom is 0.243 e. The van der Waals surface area contributed by atoms with Gasteiger partial charge in [-0.05, 0) is 31.0 Å². The predicted octanol–water partition coefficient (Wildman–Crippen LogP) is 1.90. The Morgan fingerprint density at radius 3 is 2.67 bits per heavy atom. The average Bonchev–Trinajstić information content (AvgIpc) is 2.76. The summed E-state index contributed by atoms with van der Waals surface area (Å²) in [5, 5.41) is 5.57. The van der Waals surface area contributed by atoms with Crippen molar-refractivity contribution in [3.63, 3.8) is 0 Å². The first-order chi connectivity index (χ1) is 8.56. The smallest absolute Gasteiger partial charge is 0.243 e. The first kappa shape index (κ1) is 13.1. The van der Waals surface area contributed by atoms with Crippen LogP contribution in [0.25, 0.3) is 0 Å². The molecule has 5 heteroatoms. The zero-order valence-corrected chi connectivity index (χ0v) is 11.7. The van der Waals surface area contributed by atoms with Crippen LogP contribution in [0.5, 0.6) is 0 Å². The summed E-state index contributed by atoms with van der Waals surface area (Å²) in [6.45, 7) is 1.93. The Labute approximate surface area is 114 Å². The van der Waals surface area contributed by atoms with Crippen LogP contribution in [-0.4, -0.2) is 17.9 Å². The van der Waals surface area contributed by atoms with Crippen molar-refractivity contribution in [3.8, 4) is 0 Å². The zero-order chi connectivity index (χ0) is 13.1. The van der Waals surface area contributed by atoms with Crippen molar-refractivity contribution in [3.05, 3.63) is 34.3 Å². The molecule has 1 aliphatic heterocycles. The van der Waals surface area contributed by atoms with E-state index >= 15 is 0 Å². The lowest BCUT2D eigenvalue weighted by Gasteiger charge is -2.17. The van der Waals surface area contributed by atoms with E-state index in [0.717, 1.165) is 10.0 Å². The summed E-state index contributed by atoms with van der Waals surface area (Å²) in [5.41, 5.74) is 1.04. The molecule has 2 rings (SSSR count). The normalized spacial score (nSPS) is 20.3. The largest absolute Gasteiger partial charge is 0.348 e. The summed E-state index contributed by atoms with van der Waals surface area (Å²) in [4.78, 5) is 23.0. The lowest BCUT2D eigenvalue weighted by Crippen LogP contribution is -2.42. The van der Waals surface area contributed by atoms with E-state index in [1.165, 1.54) is 0 Å². The molecule has 1 aliphatic rings. The van der Waals surface area contributed by atoms with E-state index in [9.17, 15) is 9.59 Å². The molecular weight excluding hydrogens is 296 g/mol. The van der Waals surface area contributed by atoms with Gasteiger partial charge in [-0.2, -0.15) is 0 Å². The van der Waals surface area contributed by atoms with Crippen LogP contribution in [0, 0.1) is 0 Å². The van der Waals surface area contributed by atoms with Gasteiger partial charge in [-0.25, -0.2) is 0 Å². The van der Waals surface area contributed by atoms with Crippen molar-refractivity contribution < 1.29 is 9.59 Å². The number of hydrogen-bond donors (Lipinski definition) is 2. The van der Waals surface area contributed by atoms with E-state index in [2.05, 4.69) is 26.6 Å². The quantitative estimate of drug-likeness (QED) is 0.896. The highest BCUT2D eigenvalue weighted by Crippen LogP contribution is 2.17. The van der Waals surface area contributed by atoms with E-state index in [4.69, 9.17) is 0 Å². The molecule has 1 aromatic carbocycles. The highest BCUT2D eigenvalue weighted by atomic mass is 79.9. The van der Waals surface area contributed by atoms with Gasteiger partial charge in [0.1, 0.15) is 6.04 Å². The van der Waals surface area contributed by atoms with Crippen molar-refractivity contribution in [1.82, 2.24) is 10.6 Å². The summed E-state index contributed by atoms with van der Waals surface area (Å²) in [5.74, 6) is -0.164. The summed E-state index contributed by atoms with van der Waals surface area (Å²) < 4.78 is 1.01. The van der Waals surface area contributed by atoms with Crippen LogP contribution in [0.1, 0.15) is 31.4 Å². The third kappa shape index (κ3) is 3.10. The SMILES string of the molecule is CC(NC(=O)C1CCC(=O)N1)c1ccc(Br)cc1. The third-order valence-electron chi connectivity index (χ3n) is 3.04. The molecule has 18 heavy (non-hydrogen) atoms. The topological polar surface area (TPSA) is 58.2 Å². The van der Waals surface area contributed by atoms with Gasteiger partial charge in [-0.1, -0.05) is 28.1 Å². The Balaban J connectivity index is 1.94. The van der Waals surface area contributed by atoms with Gasteiger partial charge in [0.15, 0.2) is 0 Å². The fourth-order valence-corrected chi connectivity index (χ4v) is 2.22. The number of carbonyl (C=O) groups is 2. The van der Waals surface area contributed by atoms with E-state index in [1.807, 2.05) is 31.2 Å². The molecule has 1 heterocycles. The van der Waals surface area contributed by atoms with E-state index in [-0.39, 0.29) is 23.9 Å². The van der Waals surface area contributed by atoms with E-state index < -0.39 is 0 Å². The molecule has 0 saturated carbocycles. The summed E-state index contributed by atoms with van der Waals surface area (Å²) in [6, 6.07) is 7.35. The van der Waals surface area contributed by atoms with Crippen molar-refractivity contribution >= 4 is 27.7 Å². The van der Waals surface area contributed by atoms with Crippen molar-refractivity contribution in [1.29, 1.82) is 0 Å². The Hall–Kier alpha value is -1.36. The molecular formula is C13H15BrN2O2. The highest BCUT2D eigenvalue weighted by Gasteiger charge is 2.27. The van der Waals surface area contributed by atoms with Crippen molar-refractivity contribution in [2.75, 3.05) is 0 Å². The fourth-order valence-electron chi connectivity index (χ4n) is 1.96. The standard InChI is InChI=1S/C13H15BrN2O2/c1-8(9-2-4-10(14)5-3-9)15-13(18)11-6-7-12(17)16-11/h2-5,8,11H,6-7H2,1H3,(H,15,18)(H,16,17). The highest BCUT2D eigenvalue weighted by molar-refractivity contribution is 9.10. The molecule has 0 radical (unpaired) electrons. The van der Waals surface area contributed by atoms with Crippen LogP contribution < -0.4 is 10.6 Å². The van der Waals surface area contributed by atoms with Gasteiger partial charge in [0, 0.05) is 10.9 Å². The number of amides is 2. The molecule has 2 atom stereocenters. The van der Waals surface area contributed by atoms with Gasteiger partial charge in [-0.3, -0.25) is 9.59 Å².